The van der Waals surface area contributed by atoms with Crippen LogP contribution in [0.5, 0.6) is 0 Å². The summed E-state index contributed by atoms with van der Waals surface area (Å²) in [4.78, 5) is 12.3. The average Bonchev–Trinajstić information content (AvgIpc) is 2.97. The average molecular weight is 303 g/mol. The van der Waals surface area contributed by atoms with Gasteiger partial charge in [0.05, 0.1) is 5.39 Å². The van der Waals surface area contributed by atoms with Crippen LogP contribution in [0.3, 0.4) is 0 Å². The second kappa shape index (κ2) is 6.30. The molecule has 0 radical (unpaired) electrons. The molecule has 0 spiro atoms. The van der Waals surface area contributed by atoms with Crippen molar-refractivity contribution in [1.29, 1.82) is 0 Å². The summed E-state index contributed by atoms with van der Waals surface area (Å²) in [6.45, 7) is 4.51. The fourth-order valence-corrected chi connectivity index (χ4v) is 4.41. The van der Waals surface area contributed by atoms with Gasteiger partial charge in [0, 0.05) is 17.8 Å². The van der Waals surface area contributed by atoms with Crippen LogP contribution in [0.15, 0.2) is 6.07 Å². The van der Waals surface area contributed by atoms with Gasteiger partial charge < -0.3 is 5.32 Å². The minimum Gasteiger partial charge on any atom is -0.372 e. The van der Waals surface area contributed by atoms with Crippen LogP contribution in [0, 0.1) is 5.92 Å². The van der Waals surface area contributed by atoms with Gasteiger partial charge in [0.2, 0.25) is 0 Å². The van der Waals surface area contributed by atoms with Crippen molar-refractivity contribution in [1.82, 2.24) is 9.97 Å². The number of fused-ring (bicyclic) bond motifs is 1. The SMILES string of the molecule is CCc1cc2c(NC)nc(C3CCCC(CC)C3)nc2s1. The molecule has 1 aliphatic rings. The van der Waals surface area contributed by atoms with Gasteiger partial charge in [-0.2, -0.15) is 0 Å². The summed E-state index contributed by atoms with van der Waals surface area (Å²) in [6, 6.07) is 2.24. The van der Waals surface area contributed by atoms with Gasteiger partial charge in [-0.25, -0.2) is 9.97 Å². The predicted molar refractivity (Wildman–Crippen MR) is 91.3 cm³/mol. The molecule has 2 atom stereocenters. The van der Waals surface area contributed by atoms with E-state index >= 15 is 0 Å². The molecule has 2 unspecified atom stereocenters. The van der Waals surface area contributed by atoms with E-state index in [2.05, 4.69) is 25.2 Å². The smallest absolute Gasteiger partial charge is 0.138 e. The predicted octanol–water partition coefficient (Wildman–Crippen LogP) is 4.98. The maximum Gasteiger partial charge on any atom is 0.138 e. The van der Waals surface area contributed by atoms with Crippen LogP contribution < -0.4 is 5.32 Å². The number of anilines is 1. The molecule has 2 aromatic rings. The first-order valence-electron chi connectivity index (χ1n) is 8.23. The molecule has 0 saturated heterocycles. The number of nitrogens with zero attached hydrogens (tertiary/aromatic N) is 2. The van der Waals surface area contributed by atoms with Crippen molar-refractivity contribution in [3.8, 4) is 0 Å². The third kappa shape index (κ3) is 2.91. The van der Waals surface area contributed by atoms with E-state index in [0.717, 1.165) is 28.8 Å². The number of aryl methyl sites for hydroxylation is 1. The number of thiophene rings is 1. The highest BCUT2D eigenvalue weighted by Crippen LogP contribution is 2.38. The number of aromatic nitrogens is 2. The lowest BCUT2D eigenvalue weighted by Crippen LogP contribution is -2.16. The van der Waals surface area contributed by atoms with Gasteiger partial charge in [0.1, 0.15) is 16.5 Å². The van der Waals surface area contributed by atoms with Crippen molar-refractivity contribution in [2.24, 2.45) is 5.92 Å². The minimum atomic E-state index is 0.548. The summed E-state index contributed by atoms with van der Waals surface area (Å²) in [7, 11) is 1.96. The van der Waals surface area contributed by atoms with E-state index in [0.29, 0.717) is 5.92 Å². The number of hydrogen-bond donors (Lipinski definition) is 1. The van der Waals surface area contributed by atoms with E-state index in [1.54, 1.807) is 0 Å². The quantitative estimate of drug-likeness (QED) is 0.865. The van der Waals surface area contributed by atoms with Crippen LogP contribution in [0.25, 0.3) is 10.2 Å². The van der Waals surface area contributed by atoms with Gasteiger partial charge in [-0.05, 0) is 31.2 Å². The van der Waals surface area contributed by atoms with Crippen molar-refractivity contribution in [3.05, 3.63) is 16.8 Å². The summed E-state index contributed by atoms with van der Waals surface area (Å²) in [5.41, 5.74) is 0. The maximum atomic E-state index is 4.91. The second-order valence-corrected chi connectivity index (χ2v) is 7.22. The lowest BCUT2D eigenvalue weighted by Gasteiger charge is -2.27. The summed E-state index contributed by atoms with van der Waals surface area (Å²) in [6.07, 6.45) is 7.57. The Kier molecular flexibility index (Phi) is 4.43. The highest BCUT2D eigenvalue weighted by Gasteiger charge is 2.25. The topological polar surface area (TPSA) is 37.8 Å². The summed E-state index contributed by atoms with van der Waals surface area (Å²) in [5.74, 6) is 3.47. The molecule has 3 nitrogen and oxygen atoms in total. The molecule has 2 heterocycles. The summed E-state index contributed by atoms with van der Waals surface area (Å²) < 4.78 is 0. The molecule has 21 heavy (non-hydrogen) atoms. The van der Waals surface area contributed by atoms with Crippen molar-refractivity contribution in [2.45, 2.75) is 58.3 Å². The first-order valence-corrected chi connectivity index (χ1v) is 9.04. The highest BCUT2D eigenvalue weighted by molar-refractivity contribution is 7.18. The van der Waals surface area contributed by atoms with E-state index in [4.69, 9.17) is 9.97 Å². The van der Waals surface area contributed by atoms with Crippen molar-refractivity contribution >= 4 is 27.4 Å². The number of nitrogens with one attached hydrogen (secondary N) is 1. The lowest BCUT2D eigenvalue weighted by molar-refractivity contribution is 0.308. The molecule has 1 aliphatic carbocycles. The van der Waals surface area contributed by atoms with Gasteiger partial charge in [-0.15, -0.1) is 11.3 Å². The van der Waals surface area contributed by atoms with Crippen LogP contribution in [-0.4, -0.2) is 17.0 Å². The zero-order valence-electron chi connectivity index (χ0n) is 13.3. The highest BCUT2D eigenvalue weighted by atomic mass is 32.1. The maximum absolute atomic E-state index is 4.91. The second-order valence-electron chi connectivity index (χ2n) is 6.10. The molecule has 0 aromatic carbocycles. The van der Waals surface area contributed by atoms with Crippen LogP contribution in [-0.2, 0) is 6.42 Å². The van der Waals surface area contributed by atoms with Crippen LogP contribution in [0.1, 0.15) is 62.6 Å². The van der Waals surface area contributed by atoms with Crippen molar-refractivity contribution in [3.63, 3.8) is 0 Å². The zero-order chi connectivity index (χ0) is 14.8. The van der Waals surface area contributed by atoms with E-state index in [1.807, 2.05) is 18.4 Å². The Bertz CT molecular complexity index is 620. The molecular weight excluding hydrogens is 278 g/mol. The van der Waals surface area contributed by atoms with E-state index < -0.39 is 0 Å². The molecule has 2 aromatic heterocycles. The van der Waals surface area contributed by atoms with E-state index in [1.165, 1.54) is 42.4 Å². The molecule has 1 fully saturated rings. The van der Waals surface area contributed by atoms with E-state index in [9.17, 15) is 0 Å². The first kappa shape index (κ1) is 14.8. The van der Waals surface area contributed by atoms with Gasteiger partial charge in [-0.3, -0.25) is 0 Å². The Morgan fingerprint density at radius 2 is 2.14 bits per heavy atom. The third-order valence-corrected chi connectivity index (χ3v) is 5.94. The molecule has 1 saturated carbocycles. The van der Waals surface area contributed by atoms with Crippen molar-refractivity contribution < 1.29 is 0 Å². The first-order chi connectivity index (χ1) is 10.2. The van der Waals surface area contributed by atoms with Crippen LogP contribution in [0.2, 0.25) is 0 Å². The van der Waals surface area contributed by atoms with Crippen molar-refractivity contribution in [2.75, 3.05) is 12.4 Å². The molecule has 0 amide bonds. The Balaban J connectivity index is 1.98. The van der Waals surface area contributed by atoms with Crippen LogP contribution in [0.4, 0.5) is 5.82 Å². The van der Waals surface area contributed by atoms with E-state index in [-0.39, 0.29) is 0 Å². The summed E-state index contributed by atoms with van der Waals surface area (Å²) >= 11 is 1.82. The standard InChI is InChI=1S/C17H25N3S/c1-4-11-7-6-8-12(9-11)15-19-16(18-3)14-10-13(5-2)21-17(14)20-15/h10-12H,4-9H2,1-3H3,(H,18,19,20). The molecule has 0 bridgehead atoms. The fraction of sp³-hybridized carbons (Fsp3) is 0.647. The third-order valence-electron chi connectivity index (χ3n) is 4.77. The van der Waals surface area contributed by atoms with Gasteiger partial charge in [0.25, 0.3) is 0 Å². The Hall–Kier alpha value is -1.16. The van der Waals surface area contributed by atoms with Gasteiger partial charge >= 0.3 is 0 Å². The normalized spacial score (nSPS) is 22.6. The monoisotopic (exact) mass is 303 g/mol. The van der Waals surface area contributed by atoms with Gasteiger partial charge in [0.15, 0.2) is 0 Å². The lowest BCUT2D eigenvalue weighted by atomic mass is 9.80. The fourth-order valence-electron chi connectivity index (χ4n) is 3.43. The Morgan fingerprint density at radius 3 is 2.86 bits per heavy atom. The molecule has 1 N–H and O–H groups in total. The Labute approximate surface area is 131 Å². The number of rotatable bonds is 4. The molecular formula is C17H25N3S. The minimum absolute atomic E-state index is 0.548. The largest absolute Gasteiger partial charge is 0.372 e. The summed E-state index contributed by atoms with van der Waals surface area (Å²) in [5, 5.41) is 4.45. The molecule has 114 valence electrons. The zero-order valence-corrected chi connectivity index (χ0v) is 14.1. The molecule has 3 rings (SSSR count). The van der Waals surface area contributed by atoms with Crippen LogP contribution >= 0.6 is 11.3 Å². The molecule has 4 heteroatoms. The number of hydrogen-bond acceptors (Lipinski definition) is 4. The Morgan fingerprint density at radius 1 is 1.29 bits per heavy atom. The molecule has 0 aliphatic heterocycles. The van der Waals surface area contributed by atoms with Gasteiger partial charge in [-0.1, -0.05) is 33.1 Å².